The van der Waals surface area contributed by atoms with E-state index in [1.54, 1.807) is 6.07 Å². The number of halogens is 3. The highest BCUT2D eigenvalue weighted by Gasteiger charge is 2.25. The molecule has 0 amide bonds. The highest BCUT2D eigenvalue weighted by molar-refractivity contribution is 7.77. The van der Waals surface area contributed by atoms with Crippen molar-refractivity contribution in [1.29, 1.82) is 0 Å². The van der Waals surface area contributed by atoms with Crippen molar-refractivity contribution in [2.45, 2.75) is 44.8 Å². The molecule has 1 saturated heterocycles. The summed E-state index contributed by atoms with van der Waals surface area (Å²) < 4.78 is 43.4. The Morgan fingerprint density at radius 2 is 1.85 bits per heavy atom. The number of alkyl halides is 1. The summed E-state index contributed by atoms with van der Waals surface area (Å²) in [7, 11) is 0. The standard InChI is InChI=1S/C31H33Cl2FN2O3S/c32-24-8-12-28(30(33)18-24)29-4-1-3-23-17-21(19-35-40(37)38)5-11-27(23)31(29)22-6-9-25(10-7-22)39-26-13-16-36(20-26)15-2-14-34/h5-12,17-18,26,35H,1-4,13-16,19-20H2,(H,37,38)/p-1/t26-/m0/s1. The lowest BCUT2D eigenvalue weighted by Crippen LogP contribution is -2.26. The lowest BCUT2D eigenvalue weighted by molar-refractivity contribution is 0.198. The van der Waals surface area contributed by atoms with Crippen molar-refractivity contribution in [2.75, 3.05) is 26.3 Å². The van der Waals surface area contributed by atoms with Crippen LogP contribution >= 0.6 is 23.2 Å². The molecule has 0 aromatic heterocycles. The second-order valence-electron chi connectivity index (χ2n) is 10.3. The molecule has 9 heteroatoms. The molecule has 0 saturated carbocycles. The Labute approximate surface area is 247 Å². The number of allylic oxidation sites excluding steroid dienone is 1. The van der Waals surface area contributed by atoms with Gasteiger partial charge in [-0.25, -0.2) is 4.72 Å². The first-order chi connectivity index (χ1) is 19.4. The molecule has 0 bridgehead atoms. The number of rotatable bonds is 10. The summed E-state index contributed by atoms with van der Waals surface area (Å²) in [6.45, 7) is 2.48. The van der Waals surface area contributed by atoms with Gasteiger partial charge in [0.15, 0.2) is 0 Å². The average molecular weight is 603 g/mol. The molecule has 0 radical (unpaired) electrons. The molecule has 1 unspecified atom stereocenters. The van der Waals surface area contributed by atoms with Crippen LogP contribution in [0.3, 0.4) is 0 Å². The van der Waals surface area contributed by atoms with Crippen LogP contribution in [-0.2, 0) is 24.2 Å². The first-order valence-corrected chi connectivity index (χ1v) is 15.4. The average Bonchev–Trinajstić information content (AvgIpc) is 3.30. The van der Waals surface area contributed by atoms with E-state index in [1.807, 2.05) is 30.3 Å². The minimum atomic E-state index is -2.32. The maximum atomic E-state index is 12.6. The zero-order valence-electron chi connectivity index (χ0n) is 22.1. The third-order valence-corrected chi connectivity index (χ3v) is 8.47. The van der Waals surface area contributed by atoms with Crippen molar-refractivity contribution in [3.8, 4) is 5.75 Å². The van der Waals surface area contributed by atoms with Gasteiger partial charge < -0.3 is 9.29 Å². The van der Waals surface area contributed by atoms with Crippen LogP contribution in [0.25, 0.3) is 11.1 Å². The third kappa shape index (κ3) is 7.14. The van der Waals surface area contributed by atoms with Crippen LogP contribution in [0, 0.1) is 0 Å². The molecule has 1 aliphatic carbocycles. The fourth-order valence-corrected chi connectivity index (χ4v) is 6.51. The maximum Gasteiger partial charge on any atom is 0.119 e. The normalized spacial score (nSPS) is 18.4. The van der Waals surface area contributed by atoms with Gasteiger partial charge in [-0.15, -0.1) is 0 Å². The summed E-state index contributed by atoms with van der Waals surface area (Å²) in [5.74, 6) is 0.814. The molecule has 2 atom stereocenters. The molecule has 1 fully saturated rings. The molecule has 40 heavy (non-hydrogen) atoms. The van der Waals surface area contributed by atoms with E-state index in [0.717, 1.165) is 84.5 Å². The Kier molecular flexibility index (Phi) is 9.94. The summed E-state index contributed by atoms with van der Waals surface area (Å²) in [4.78, 5) is 2.26. The maximum absolute atomic E-state index is 12.6. The molecule has 5 rings (SSSR count). The van der Waals surface area contributed by atoms with E-state index in [9.17, 15) is 13.2 Å². The summed E-state index contributed by atoms with van der Waals surface area (Å²) in [5, 5.41) is 1.20. The summed E-state index contributed by atoms with van der Waals surface area (Å²) in [6.07, 6.45) is 4.22. The van der Waals surface area contributed by atoms with Crippen LogP contribution in [0.2, 0.25) is 10.0 Å². The third-order valence-electron chi connectivity index (χ3n) is 7.55. The van der Waals surface area contributed by atoms with Crippen LogP contribution in [0.4, 0.5) is 4.39 Å². The molecule has 2 aliphatic rings. The molecule has 212 valence electrons. The molecular weight excluding hydrogens is 570 g/mol. The van der Waals surface area contributed by atoms with E-state index >= 15 is 0 Å². The van der Waals surface area contributed by atoms with E-state index in [2.05, 4.69) is 33.9 Å². The fourth-order valence-electron chi connectivity index (χ4n) is 5.70. The predicted molar refractivity (Wildman–Crippen MR) is 160 cm³/mol. The Morgan fingerprint density at radius 3 is 2.60 bits per heavy atom. The van der Waals surface area contributed by atoms with Crippen molar-refractivity contribution < 1.29 is 17.9 Å². The minimum absolute atomic E-state index is 0.0993. The number of benzene rings is 3. The number of nitrogens with one attached hydrogen (secondary N) is 1. The van der Waals surface area contributed by atoms with Crippen LogP contribution < -0.4 is 9.46 Å². The minimum Gasteiger partial charge on any atom is -0.760 e. The second kappa shape index (κ2) is 13.6. The molecule has 0 spiro atoms. The molecular formula is C31H32Cl2FN2O3S-. The number of nitrogens with zero attached hydrogens (tertiary/aromatic N) is 1. The van der Waals surface area contributed by atoms with Gasteiger partial charge in [-0.3, -0.25) is 13.5 Å². The molecule has 5 nitrogen and oxygen atoms in total. The summed E-state index contributed by atoms with van der Waals surface area (Å²) >= 11 is 10.6. The molecule has 1 heterocycles. The molecule has 1 N–H and O–H groups in total. The van der Waals surface area contributed by atoms with E-state index in [0.29, 0.717) is 16.5 Å². The number of aryl methyl sites for hydroxylation is 1. The number of hydrogen-bond donors (Lipinski definition) is 1. The van der Waals surface area contributed by atoms with E-state index < -0.39 is 11.3 Å². The number of fused-ring (bicyclic) bond motifs is 1. The zero-order chi connectivity index (χ0) is 28.1. The van der Waals surface area contributed by atoms with Crippen LogP contribution in [0.1, 0.15) is 53.5 Å². The fraction of sp³-hybridized carbons (Fsp3) is 0.355. The Hall–Kier alpha value is -2.26. The Bertz CT molecular complexity index is 1400. The van der Waals surface area contributed by atoms with Gasteiger partial charge in [-0.1, -0.05) is 59.6 Å². The van der Waals surface area contributed by atoms with Gasteiger partial charge in [0, 0.05) is 47.5 Å². The van der Waals surface area contributed by atoms with Crippen LogP contribution in [-0.4, -0.2) is 46.1 Å². The van der Waals surface area contributed by atoms with Crippen LogP contribution in [0.5, 0.6) is 5.75 Å². The lowest BCUT2D eigenvalue weighted by atomic mass is 9.87. The number of hydrogen-bond acceptors (Lipinski definition) is 4. The van der Waals surface area contributed by atoms with Gasteiger partial charge in [-0.2, -0.15) is 0 Å². The van der Waals surface area contributed by atoms with Crippen molar-refractivity contribution >= 4 is 45.6 Å². The Balaban J connectivity index is 1.49. The predicted octanol–water partition coefficient (Wildman–Crippen LogP) is 6.99. The van der Waals surface area contributed by atoms with Crippen molar-refractivity contribution in [3.05, 3.63) is 98.5 Å². The van der Waals surface area contributed by atoms with E-state index in [1.165, 1.54) is 5.56 Å². The van der Waals surface area contributed by atoms with Gasteiger partial charge in [0.2, 0.25) is 0 Å². The summed E-state index contributed by atoms with van der Waals surface area (Å²) in [5.41, 5.74) is 7.47. The SMILES string of the molecule is O=S([O-])NCc1ccc2c(c1)CCCC(c1ccc(Cl)cc1Cl)=C2c1ccc(O[C@H]2CCN(CCCF)C2)cc1. The topological polar surface area (TPSA) is 64.6 Å². The smallest absolute Gasteiger partial charge is 0.119 e. The van der Waals surface area contributed by atoms with Gasteiger partial charge in [0.1, 0.15) is 11.9 Å². The molecule has 3 aromatic rings. The van der Waals surface area contributed by atoms with Gasteiger partial charge in [0.05, 0.1) is 6.67 Å². The molecule has 1 aliphatic heterocycles. The lowest BCUT2D eigenvalue weighted by Gasteiger charge is -2.19. The first-order valence-electron chi connectivity index (χ1n) is 13.6. The van der Waals surface area contributed by atoms with E-state index in [4.69, 9.17) is 27.9 Å². The highest BCUT2D eigenvalue weighted by atomic mass is 35.5. The highest BCUT2D eigenvalue weighted by Crippen LogP contribution is 2.42. The van der Waals surface area contributed by atoms with Crippen molar-refractivity contribution in [3.63, 3.8) is 0 Å². The Morgan fingerprint density at radius 1 is 1.05 bits per heavy atom. The van der Waals surface area contributed by atoms with E-state index in [-0.39, 0.29) is 19.3 Å². The van der Waals surface area contributed by atoms with Crippen LogP contribution in [0.15, 0.2) is 60.7 Å². The number of ether oxygens (including phenoxy) is 1. The van der Waals surface area contributed by atoms with Gasteiger partial charge >= 0.3 is 0 Å². The van der Waals surface area contributed by atoms with Gasteiger partial charge in [-0.05, 0) is 95.3 Å². The van der Waals surface area contributed by atoms with Crippen molar-refractivity contribution in [2.24, 2.45) is 0 Å². The second-order valence-corrected chi connectivity index (χ2v) is 11.9. The largest absolute Gasteiger partial charge is 0.760 e. The molecule has 3 aromatic carbocycles. The first kappa shape index (κ1) is 29.2. The summed E-state index contributed by atoms with van der Waals surface area (Å²) in [6, 6.07) is 20.0. The zero-order valence-corrected chi connectivity index (χ0v) is 24.5. The quantitative estimate of drug-likeness (QED) is 0.254. The monoisotopic (exact) mass is 601 g/mol. The van der Waals surface area contributed by atoms with Crippen molar-refractivity contribution in [1.82, 2.24) is 9.62 Å². The number of likely N-dealkylation sites (tertiary alicyclic amines) is 1. The van der Waals surface area contributed by atoms with Gasteiger partial charge in [0.25, 0.3) is 0 Å².